The summed E-state index contributed by atoms with van der Waals surface area (Å²) in [6, 6.07) is 24.0. The average Bonchev–Trinajstić information content (AvgIpc) is 3.19. The molecular formula is C28H22IN3O3S. The van der Waals surface area contributed by atoms with Gasteiger partial charge in [0, 0.05) is 9.26 Å². The first-order chi connectivity index (χ1) is 17.4. The summed E-state index contributed by atoms with van der Waals surface area (Å²) in [5.41, 5.74) is 3.22. The molecule has 5 rings (SSSR count). The maximum atomic E-state index is 13.7. The molecule has 0 radical (unpaired) electrons. The first-order valence-corrected chi connectivity index (χ1v) is 13.1. The summed E-state index contributed by atoms with van der Waals surface area (Å²) in [5.74, 6) is 0.399. The van der Waals surface area contributed by atoms with Gasteiger partial charge in [-0.15, -0.1) is 0 Å². The lowest BCUT2D eigenvalue weighted by Crippen LogP contribution is -2.40. The van der Waals surface area contributed by atoms with E-state index in [0.29, 0.717) is 32.0 Å². The van der Waals surface area contributed by atoms with Crippen LogP contribution in [0.25, 0.3) is 6.08 Å². The van der Waals surface area contributed by atoms with Crippen LogP contribution >= 0.6 is 33.9 Å². The van der Waals surface area contributed by atoms with Crippen LogP contribution in [-0.4, -0.2) is 17.6 Å². The van der Waals surface area contributed by atoms with Crippen LogP contribution < -0.4 is 24.9 Å². The molecular weight excluding hydrogens is 585 g/mol. The van der Waals surface area contributed by atoms with Gasteiger partial charge < -0.3 is 10.1 Å². The van der Waals surface area contributed by atoms with Crippen LogP contribution in [0, 0.1) is 3.57 Å². The quantitative estimate of drug-likeness (QED) is 0.340. The van der Waals surface area contributed by atoms with Gasteiger partial charge in [-0.1, -0.05) is 53.8 Å². The number of ether oxygens (including phenoxy) is 1. The van der Waals surface area contributed by atoms with Crippen LogP contribution in [0.15, 0.2) is 99.9 Å². The second kappa shape index (κ2) is 10.2. The molecule has 4 aromatic rings. The summed E-state index contributed by atoms with van der Waals surface area (Å²) in [7, 11) is 1.60. The summed E-state index contributed by atoms with van der Waals surface area (Å²) in [4.78, 5) is 32.5. The standard InChI is InChI=1S/C28H22IN3O3S/c1-17-24(26(33)31-21-6-4-3-5-7-21)25(19-10-14-22(35-2)15-11-19)32-27(34)23(36-28(32)30-17)16-18-8-12-20(29)13-9-18/h3-16,25H,1-2H3,(H,31,33)/b23-16+/t25-/m0/s1. The van der Waals surface area contributed by atoms with E-state index in [1.807, 2.05) is 91.9 Å². The van der Waals surface area contributed by atoms with E-state index >= 15 is 0 Å². The van der Waals surface area contributed by atoms with E-state index < -0.39 is 6.04 Å². The Morgan fingerprint density at radius 2 is 1.75 bits per heavy atom. The fraction of sp³-hybridized carbons (Fsp3) is 0.107. The molecule has 1 aliphatic rings. The van der Waals surface area contributed by atoms with Crippen molar-refractivity contribution in [2.24, 2.45) is 4.99 Å². The highest BCUT2D eigenvalue weighted by atomic mass is 127. The molecule has 1 atom stereocenters. The third-order valence-electron chi connectivity index (χ3n) is 5.90. The molecule has 2 heterocycles. The summed E-state index contributed by atoms with van der Waals surface area (Å²) >= 11 is 3.58. The number of fused-ring (bicyclic) bond motifs is 1. The Hall–Kier alpha value is -3.50. The summed E-state index contributed by atoms with van der Waals surface area (Å²) in [6.45, 7) is 1.81. The molecule has 1 aliphatic heterocycles. The summed E-state index contributed by atoms with van der Waals surface area (Å²) < 4.78 is 8.63. The Morgan fingerprint density at radius 1 is 1.06 bits per heavy atom. The third-order valence-corrected chi connectivity index (χ3v) is 7.60. The topological polar surface area (TPSA) is 72.7 Å². The van der Waals surface area contributed by atoms with Crippen LogP contribution in [0.4, 0.5) is 5.69 Å². The van der Waals surface area contributed by atoms with Crippen LogP contribution in [0.2, 0.25) is 0 Å². The highest BCUT2D eigenvalue weighted by Crippen LogP contribution is 2.31. The first kappa shape index (κ1) is 24.2. The number of nitrogens with zero attached hydrogens (tertiary/aromatic N) is 2. The van der Waals surface area contributed by atoms with Gasteiger partial charge >= 0.3 is 0 Å². The highest BCUT2D eigenvalue weighted by Gasteiger charge is 2.32. The largest absolute Gasteiger partial charge is 0.497 e. The van der Waals surface area contributed by atoms with Crippen molar-refractivity contribution < 1.29 is 9.53 Å². The van der Waals surface area contributed by atoms with Gasteiger partial charge in [0.25, 0.3) is 11.5 Å². The number of carbonyl (C=O) groups excluding carboxylic acids is 1. The van der Waals surface area contributed by atoms with Gasteiger partial charge in [0.1, 0.15) is 5.75 Å². The molecule has 36 heavy (non-hydrogen) atoms. The second-order valence-electron chi connectivity index (χ2n) is 8.23. The van der Waals surface area contributed by atoms with Gasteiger partial charge in [0.2, 0.25) is 0 Å². The number of anilines is 1. The normalized spacial score (nSPS) is 15.3. The molecule has 1 amide bonds. The molecule has 0 bridgehead atoms. The van der Waals surface area contributed by atoms with E-state index in [2.05, 4.69) is 27.9 Å². The lowest BCUT2D eigenvalue weighted by Gasteiger charge is -2.25. The Balaban J connectivity index is 1.67. The molecule has 1 N–H and O–H groups in total. The summed E-state index contributed by atoms with van der Waals surface area (Å²) in [6.07, 6.45) is 1.87. The predicted molar refractivity (Wildman–Crippen MR) is 151 cm³/mol. The van der Waals surface area contributed by atoms with Crippen molar-refractivity contribution in [2.45, 2.75) is 13.0 Å². The van der Waals surface area contributed by atoms with Crippen molar-refractivity contribution in [1.29, 1.82) is 0 Å². The van der Waals surface area contributed by atoms with Crippen LogP contribution in [0.3, 0.4) is 0 Å². The number of carbonyl (C=O) groups is 1. The molecule has 0 spiro atoms. The van der Waals surface area contributed by atoms with Gasteiger partial charge in [-0.2, -0.15) is 0 Å². The first-order valence-electron chi connectivity index (χ1n) is 11.2. The van der Waals surface area contributed by atoms with Gasteiger partial charge in [-0.3, -0.25) is 14.2 Å². The minimum absolute atomic E-state index is 0.185. The van der Waals surface area contributed by atoms with Gasteiger partial charge in [-0.25, -0.2) is 4.99 Å². The SMILES string of the molecule is COc1ccc([C@H]2C(C(=O)Nc3ccccc3)=C(C)N=c3s/c(=C/c4ccc(I)cc4)c(=O)n32)cc1. The van der Waals surface area contributed by atoms with Crippen LogP contribution in [-0.2, 0) is 4.79 Å². The molecule has 3 aromatic carbocycles. The Labute approximate surface area is 225 Å². The average molecular weight is 607 g/mol. The summed E-state index contributed by atoms with van der Waals surface area (Å²) in [5, 5.41) is 2.96. The Kier molecular flexibility index (Phi) is 6.88. The number of aromatic nitrogens is 1. The highest BCUT2D eigenvalue weighted by molar-refractivity contribution is 14.1. The van der Waals surface area contributed by atoms with E-state index in [-0.39, 0.29) is 11.5 Å². The van der Waals surface area contributed by atoms with Crippen LogP contribution in [0.5, 0.6) is 5.75 Å². The van der Waals surface area contributed by atoms with E-state index in [1.54, 1.807) is 11.7 Å². The Morgan fingerprint density at radius 3 is 2.42 bits per heavy atom. The van der Waals surface area contributed by atoms with Gasteiger partial charge in [-0.05, 0) is 83.1 Å². The third kappa shape index (κ3) is 4.78. The zero-order valence-electron chi connectivity index (χ0n) is 19.6. The van der Waals surface area contributed by atoms with Crippen molar-refractivity contribution in [3.05, 3.63) is 125 Å². The molecule has 180 valence electrons. The minimum Gasteiger partial charge on any atom is -0.497 e. The number of nitrogens with one attached hydrogen (secondary N) is 1. The molecule has 8 heteroatoms. The number of halogens is 1. The molecule has 1 aromatic heterocycles. The number of benzene rings is 3. The van der Waals surface area contributed by atoms with E-state index in [0.717, 1.165) is 14.7 Å². The fourth-order valence-corrected chi connectivity index (χ4v) is 5.55. The molecule has 0 fully saturated rings. The second-order valence-corrected chi connectivity index (χ2v) is 10.5. The van der Waals surface area contributed by atoms with Crippen molar-refractivity contribution in [3.8, 4) is 5.75 Å². The number of methoxy groups -OCH3 is 1. The number of amides is 1. The number of thiazole rings is 1. The van der Waals surface area contributed by atoms with Crippen molar-refractivity contribution in [2.75, 3.05) is 12.4 Å². The van der Waals surface area contributed by atoms with Crippen molar-refractivity contribution in [1.82, 2.24) is 4.57 Å². The smallest absolute Gasteiger partial charge is 0.271 e. The molecule has 6 nitrogen and oxygen atoms in total. The lowest BCUT2D eigenvalue weighted by molar-refractivity contribution is -0.113. The maximum Gasteiger partial charge on any atom is 0.271 e. The lowest BCUT2D eigenvalue weighted by atomic mass is 9.95. The molecule has 0 saturated carbocycles. The van der Waals surface area contributed by atoms with Crippen LogP contribution in [0.1, 0.15) is 24.1 Å². The van der Waals surface area contributed by atoms with Gasteiger partial charge in [0.05, 0.1) is 29.0 Å². The maximum absolute atomic E-state index is 13.7. The minimum atomic E-state index is -0.630. The van der Waals surface area contributed by atoms with E-state index in [1.165, 1.54) is 11.3 Å². The van der Waals surface area contributed by atoms with E-state index in [9.17, 15) is 9.59 Å². The van der Waals surface area contributed by atoms with Crippen molar-refractivity contribution in [3.63, 3.8) is 0 Å². The monoisotopic (exact) mass is 607 g/mol. The number of hydrogen-bond donors (Lipinski definition) is 1. The molecule has 0 aliphatic carbocycles. The van der Waals surface area contributed by atoms with E-state index in [4.69, 9.17) is 9.73 Å². The zero-order chi connectivity index (χ0) is 25.2. The number of allylic oxidation sites excluding steroid dienone is 1. The molecule has 0 unspecified atom stereocenters. The zero-order valence-corrected chi connectivity index (χ0v) is 22.5. The fourth-order valence-electron chi connectivity index (χ4n) is 4.14. The number of hydrogen-bond acceptors (Lipinski definition) is 5. The number of para-hydroxylation sites is 1. The van der Waals surface area contributed by atoms with Crippen molar-refractivity contribution >= 4 is 51.6 Å². The molecule has 0 saturated heterocycles. The number of rotatable bonds is 5. The van der Waals surface area contributed by atoms with Gasteiger partial charge in [0.15, 0.2) is 4.80 Å². The Bertz CT molecular complexity index is 1640. The predicted octanol–water partition coefficient (Wildman–Crippen LogP) is 4.49.